The summed E-state index contributed by atoms with van der Waals surface area (Å²) >= 11 is 0. The molecule has 0 N–H and O–H groups in total. The van der Waals surface area contributed by atoms with E-state index < -0.39 is 0 Å². The van der Waals surface area contributed by atoms with Crippen molar-refractivity contribution >= 4 is 21.3 Å². The van der Waals surface area contributed by atoms with E-state index in [1.54, 1.807) is 5.97 Å². The molecule has 0 aromatic rings. The summed E-state index contributed by atoms with van der Waals surface area (Å²) in [6.45, 7) is 0. The quantitative estimate of drug-likeness (QED) is 0.382. The van der Waals surface area contributed by atoms with E-state index in [0.717, 1.165) is 6.42 Å². The van der Waals surface area contributed by atoms with Crippen molar-refractivity contribution in [1.29, 1.82) is 0 Å². The molecule has 0 aliphatic heterocycles. The average molecular weight is 74.7 g/mol. The van der Waals surface area contributed by atoms with Crippen LogP contribution in [0, 0.1) is 5.92 Å². The van der Waals surface area contributed by atoms with Crippen molar-refractivity contribution in [2.24, 2.45) is 5.92 Å². The molecule has 0 amide bonds. The Morgan fingerprint density at radius 3 is 2.17 bits per heavy atom. The van der Waals surface area contributed by atoms with E-state index in [1.807, 2.05) is 0 Å². The first-order valence-corrected chi connectivity index (χ1v) is 2.15. The molecule has 2 atom stereocenters. The zero-order valence-corrected chi connectivity index (χ0v) is 3.59. The molecule has 1 rings (SSSR count). The maximum atomic E-state index is 5.37. The van der Waals surface area contributed by atoms with Crippen molar-refractivity contribution in [2.75, 3.05) is 0 Å². The van der Waals surface area contributed by atoms with Gasteiger partial charge in [-0.15, -0.1) is 0 Å². The molecule has 0 aromatic heterocycles. The molecular formula is C4H5B2. The van der Waals surface area contributed by atoms with Crippen LogP contribution < -0.4 is 0 Å². The van der Waals surface area contributed by atoms with Gasteiger partial charge in [0.1, 0.15) is 0 Å². The fraction of sp³-hybridized carbons (Fsp3) is 0.750. The third-order valence-electron chi connectivity index (χ3n) is 1.14. The first kappa shape index (κ1) is 4.17. The van der Waals surface area contributed by atoms with Crippen LogP contribution in [0.5, 0.6) is 0 Å². The van der Waals surface area contributed by atoms with E-state index in [9.17, 15) is 0 Å². The molecule has 0 spiro atoms. The van der Waals surface area contributed by atoms with Gasteiger partial charge in [-0.3, -0.25) is 0 Å². The minimum atomic E-state index is 0.384. The Bertz CT molecular complexity index is 69.9. The number of hydrogen-bond acceptors (Lipinski definition) is 0. The van der Waals surface area contributed by atoms with Gasteiger partial charge < -0.3 is 0 Å². The Hall–Kier alpha value is -0.000130. The Balaban J connectivity index is 2.25. The van der Waals surface area contributed by atoms with E-state index in [1.165, 1.54) is 0 Å². The van der Waals surface area contributed by atoms with Gasteiger partial charge in [-0.2, -0.15) is 0 Å². The normalized spacial score (nSPS) is 41.8. The van der Waals surface area contributed by atoms with Gasteiger partial charge in [-0.05, 0) is 0 Å². The first-order valence-electron chi connectivity index (χ1n) is 2.15. The molecule has 1 aliphatic carbocycles. The van der Waals surface area contributed by atoms with Gasteiger partial charge in [-0.1, -0.05) is 0 Å². The van der Waals surface area contributed by atoms with E-state index in [-0.39, 0.29) is 0 Å². The van der Waals surface area contributed by atoms with E-state index in [4.69, 9.17) is 15.3 Å². The van der Waals surface area contributed by atoms with Crippen LogP contribution in [-0.4, -0.2) is 21.3 Å². The Morgan fingerprint density at radius 2 is 2.17 bits per heavy atom. The van der Waals surface area contributed by atoms with Crippen molar-refractivity contribution in [3.8, 4) is 0 Å². The molecule has 6 heavy (non-hydrogen) atoms. The monoisotopic (exact) mass is 75.1 g/mol. The molecule has 27 valence electrons. The molecule has 0 aromatic carbocycles. The van der Waals surface area contributed by atoms with E-state index >= 15 is 0 Å². The zero-order valence-electron chi connectivity index (χ0n) is 3.59. The van der Waals surface area contributed by atoms with Crippen molar-refractivity contribution < 1.29 is 0 Å². The third kappa shape index (κ3) is 0.562. The SMILES string of the molecule is [B][C@@H]1CC1C=[B]. The van der Waals surface area contributed by atoms with Gasteiger partial charge in [0, 0.05) is 0 Å². The molecule has 0 bridgehead atoms. The second-order valence-corrected chi connectivity index (χ2v) is 1.76. The summed E-state index contributed by atoms with van der Waals surface area (Å²) in [6, 6.07) is 0. The van der Waals surface area contributed by atoms with Gasteiger partial charge >= 0.3 is 39.5 Å². The molecule has 3 radical (unpaired) electrons. The number of rotatable bonds is 1. The predicted octanol–water partition coefficient (Wildman–Crippen LogP) is -0.0660. The summed E-state index contributed by atoms with van der Waals surface area (Å²) in [4.78, 5) is 0. The summed E-state index contributed by atoms with van der Waals surface area (Å²) in [6.07, 6.45) is 1.09. The third-order valence-corrected chi connectivity index (χ3v) is 1.14. The average Bonchev–Trinajstić information content (AvgIpc) is 2.19. The van der Waals surface area contributed by atoms with Gasteiger partial charge in [0.25, 0.3) is 0 Å². The maximum absolute atomic E-state index is 5.37. The van der Waals surface area contributed by atoms with Gasteiger partial charge in [-0.25, -0.2) is 0 Å². The van der Waals surface area contributed by atoms with Crippen molar-refractivity contribution in [3.63, 3.8) is 0 Å². The van der Waals surface area contributed by atoms with Crippen LogP contribution in [0.3, 0.4) is 0 Å². The summed E-state index contributed by atoms with van der Waals surface area (Å²) < 4.78 is 0. The Labute approximate surface area is 40.4 Å². The van der Waals surface area contributed by atoms with Crippen LogP contribution in [0.4, 0.5) is 0 Å². The fourth-order valence-corrected chi connectivity index (χ4v) is 0.457. The molecule has 1 aliphatic rings. The van der Waals surface area contributed by atoms with E-state index in [0.29, 0.717) is 11.7 Å². The molecule has 1 fully saturated rings. The summed E-state index contributed by atoms with van der Waals surface area (Å²) in [5.74, 6) is 2.59. The number of hydrogen-bond donors (Lipinski definition) is 0. The summed E-state index contributed by atoms with van der Waals surface area (Å²) in [5.41, 5.74) is 0. The van der Waals surface area contributed by atoms with Crippen molar-refractivity contribution in [3.05, 3.63) is 0 Å². The van der Waals surface area contributed by atoms with Crippen LogP contribution in [0.2, 0.25) is 5.82 Å². The minimum absolute atomic E-state index is 0.384. The first-order chi connectivity index (χ1) is 2.84. The van der Waals surface area contributed by atoms with Crippen molar-refractivity contribution in [2.45, 2.75) is 12.2 Å². The van der Waals surface area contributed by atoms with E-state index in [2.05, 4.69) is 0 Å². The molecular weight excluding hydrogens is 69.7 g/mol. The standard InChI is InChI=1S/C4H5B2/c5-2-3-1-4(3)6/h2-4H,1H2/t3?,4-/m1/s1. The topological polar surface area (TPSA) is 0 Å². The predicted molar refractivity (Wildman–Crippen MR) is 29.4 cm³/mol. The van der Waals surface area contributed by atoms with Gasteiger partial charge in [0.15, 0.2) is 0 Å². The Kier molecular flexibility index (Phi) is 0.868. The van der Waals surface area contributed by atoms with Crippen LogP contribution in [0.25, 0.3) is 0 Å². The van der Waals surface area contributed by atoms with Crippen LogP contribution in [0.15, 0.2) is 0 Å². The molecule has 0 nitrogen and oxygen atoms in total. The molecule has 1 saturated carbocycles. The fourth-order valence-electron chi connectivity index (χ4n) is 0.457. The van der Waals surface area contributed by atoms with Crippen LogP contribution >= 0.6 is 0 Å². The molecule has 0 saturated heterocycles. The Morgan fingerprint density at radius 1 is 1.67 bits per heavy atom. The molecule has 2 heteroatoms. The second kappa shape index (κ2) is 1.25. The van der Waals surface area contributed by atoms with Crippen LogP contribution in [-0.2, 0) is 0 Å². The van der Waals surface area contributed by atoms with Crippen LogP contribution in [0.1, 0.15) is 6.42 Å². The van der Waals surface area contributed by atoms with Gasteiger partial charge in [0.05, 0.1) is 0 Å². The zero-order chi connectivity index (χ0) is 4.57. The molecule has 0 heterocycles. The van der Waals surface area contributed by atoms with Gasteiger partial charge in [0.2, 0.25) is 0 Å². The second-order valence-electron chi connectivity index (χ2n) is 1.76. The summed E-state index contributed by atoms with van der Waals surface area (Å²) in [5, 5.41) is 0. The van der Waals surface area contributed by atoms with Crippen molar-refractivity contribution in [1.82, 2.24) is 0 Å². The molecule has 1 unspecified atom stereocenters. The summed E-state index contributed by atoms with van der Waals surface area (Å²) in [7, 11) is 10.5.